The number of aliphatic carboxylic acids is 1. The minimum Gasteiger partial charge on any atom is -0.481 e. The molecular formula is C27H30N2O3S. The van der Waals surface area contributed by atoms with Crippen LogP contribution in [0, 0.1) is 0 Å². The van der Waals surface area contributed by atoms with E-state index in [4.69, 9.17) is 5.11 Å². The second kappa shape index (κ2) is 12.7. The van der Waals surface area contributed by atoms with Crippen molar-refractivity contribution < 1.29 is 14.7 Å². The summed E-state index contributed by atoms with van der Waals surface area (Å²) >= 11 is 1.56. The summed E-state index contributed by atoms with van der Waals surface area (Å²) in [7, 11) is 0. The fraction of sp³-hybridized carbons (Fsp3) is 0.259. The van der Waals surface area contributed by atoms with Crippen LogP contribution in [0.1, 0.15) is 30.9 Å². The average Bonchev–Trinajstić information content (AvgIpc) is 2.80. The van der Waals surface area contributed by atoms with Crippen molar-refractivity contribution in [2.45, 2.75) is 42.4 Å². The molecule has 0 spiro atoms. The molecule has 0 aromatic heterocycles. The van der Waals surface area contributed by atoms with Crippen LogP contribution in [0.15, 0.2) is 88.7 Å². The van der Waals surface area contributed by atoms with Gasteiger partial charge >= 0.3 is 12.0 Å². The van der Waals surface area contributed by atoms with E-state index in [0.717, 1.165) is 40.3 Å². The standard InChI is InChI=1S/C27H30N2O3S/c1-2-3-17-29(27(32)28-16-15-21-9-5-4-6-10-21)23-12-8-14-25(20-23)33-24-13-7-11-22(18-24)19-26(30)31/h4-14,18,20H,2-3,15-17,19H2,1H3,(H,28,32)(H,30,31). The molecule has 0 fully saturated rings. The van der Waals surface area contributed by atoms with Gasteiger partial charge in [0.2, 0.25) is 0 Å². The van der Waals surface area contributed by atoms with Gasteiger partial charge in [-0.15, -0.1) is 0 Å². The Hall–Kier alpha value is -3.25. The van der Waals surface area contributed by atoms with Crippen LogP contribution in [0.25, 0.3) is 0 Å². The number of nitrogens with zero attached hydrogens (tertiary/aromatic N) is 1. The smallest absolute Gasteiger partial charge is 0.321 e. The third-order valence-electron chi connectivity index (χ3n) is 5.13. The lowest BCUT2D eigenvalue weighted by Gasteiger charge is -2.24. The Bertz CT molecular complexity index is 1060. The number of carbonyl (C=O) groups is 2. The van der Waals surface area contributed by atoms with E-state index in [9.17, 15) is 9.59 Å². The van der Waals surface area contributed by atoms with E-state index in [-0.39, 0.29) is 12.5 Å². The van der Waals surface area contributed by atoms with Crippen LogP contribution in [0.2, 0.25) is 0 Å². The van der Waals surface area contributed by atoms with Crippen molar-refractivity contribution in [2.75, 3.05) is 18.0 Å². The summed E-state index contributed by atoms with van der Waals surface area (Å²) in [6.07, 6.45) is 2.71. The highest BCUT2D eigenvalue weighted by atomic mass is 32.2. The van der Waals surface area contributed by atoms with Gasteiger partial charge in [0.1, 0.15) is 0 Å². The fourth-order valence-electron chi connectivity index (χ4n) is 3.46. The van der Waals surface area contributed by atoms with Gasteiger partial charge in [-0.25, -0.2) is 4.79 Å². The first-order valence-electron chi connectivity index (χ1n) is 11.2. The monoisotopic (exact) mass is 462 g/mol. The van der Waals surface area contributed by atoms with Gasteiger partial charge in [0, 0.05) is 28.6 Å². The van der Waals surface area contributed by atoms with E-state index >= 15 is 0 Å². The Morgan fingerprint density at radius 1 is 0.909 bits per heavy atom. The first-order valence-corrected chi connectivity index (χ1v) is 12.0. The van der Waals surface area contributed by atoms with Gasteiger partial charge in [-0.3, -0.25) is 9.69 Å². The molecule has 0 saturated heterocycles. The van der Waals surface area contributed by atoms with Crippen molar-refractivity contribution in [3.63, 3.8) is 0 Å². The van der Waals surface area contributed by atoms with Gasteiger partial charge in [-0.2, -0.15) is 0 Å². The van der Waals surface area contributed by atoms with Crippen LogP contribution in [-0.2, 0) is 17.6 Å². The van der Waals surface area contributed by atoms with E-state index in [1.54, 1.807) is 16.7 Å². The molecule has 3 aromatic carbocycles. The second-order valence-corrected chi connectivity index (χ2v) is 8.94. The van der Waals surface area contributed by atoms with E-state index < -0.39 is 5.97 Å². The highest BCUT2D eigenvalue weighted by molar-refractivity contribution is 7.99. The number of amides is 2. The van der Waals surface area contributed by atoms with Gasteiger partial charge in [-0.05, 0) is 54.3 Å². The quantitative estimate of drug-likeness (QED) is 0.365. The van der Waals surface area contributed by atoms with Gasteiger partial charge in [0.05, 0.1) is 6.42 Å². The summed E-state index contributed by atoms with van der Waals surface area (Å²) in [4.78, 5) is 27.8. The minimum absolute atomic E-state index is 0.00237. The molecule has 0 unspecified atom stereocenters. The Labute approximate surface area is 199 Å². The number of benzene rings is 3. The van der Waals surface area contributed by atoms with Crippen LogP contribution >= 0.6 is 11.8 Å². The number of anilines is 1. The summed E-state index contributed by atoms with van der Waals surface area (Å²) in [5.41, 5.74) is 2.82. The maximum atomic E-state index is 13.0. The molecule has 2 N–H and O–H groups in total. The zero-order valence-electron chi connectivity index (χ0n) is 18.9. The first-order chi connectivity index (χ1) is 16.0. The van der Waals surface area contributed by atoms with Crippen molar-refractivity contribution in [1.82, 2.24) is 5.32 Å². The zero-order valence-corrected chi connectivity index (χ0v) is 19.7. The first kappa shape index (κ1) is 24.4. The van der Waals surface area contributed by atoms with Crippen molar-refractivity contribution >= 4 is 29.4 Å². The van der Waals surface area contributed by atoms with E-state index in [2.05, 4.69) is 24.4 Å². The predicted molar refractivity (Wildman–Crippen MR) is 134 cm³/mol. The predicted octanol–water partition coefficient (Wildman–Crippen LogP) is 6.02. The molecule has 6 heteroatoms. The van der Waals surface area contributed by atoms with Crippen LogP contribution in [0.4, 0.5) is 10.5 Å². The van der Waals surface area contributed by atoms with Gasteiger partial charge in [-0.1, -0.05) is 73.6 Å². The molecule has 0 saturated carbocycles. The molecule has 0 aliphatic heterocycles. The second-order valence-electron chi connectivity index (χ2n) is 7.79. The Balaban J connectivity index is 1.69. The van der Waals surface area contributed by atoms with Crippen LogP contribution in [0.5, 0.6) is 0 Å². The molecule has 172 valence electrons. The number of hydrogen-bond acceptors (Lipinski definition) is 3. The van der Waals surface area contributed by atoms with Gasteiger partial charge < -0.3 is 10.4 Å². The van der Waals surface area contributed by atoms with E-state index in [1.807, 2.05) is 66.7 Å². The number of urea groups is 1. The molecule has 2 amide bonds. The van der Waals surface area contributed by atoms with Crippen molar-refractivity contribution in [1.29, 1.82) is 0 Å². The molecule has 33 heavy (non-hydrogen) atoms. The maximum Gasteiger partial charge on any atom is 0.321 e. The zero-order chi connectivity index (χ0) is 23.5. The summed E-state index contributed by atoms with van der Waals surface area (Å²) in [5.74, 6) is -0.844. The fourth-order valence-corrected chi connectivity index (χ4v) is 4.42. The highest BCUT2D eigenvalue weighted by Crippen LogP contribution is 2.31. The molecule has 0 atom stereocenters. The molecule has 0 radical (unpaired) electrons. The third kappa shape index (κ3) is 7.99. The Morgan fingerprint density at radius 2 is 1.61 bits per heavy atom. The summed E-state index contributed by atoms with van der Waals surface area (Å²) in [6, 6.07) is 25.5. The molecular weight excluding hydrogens is 432 g/mol. The summed E-state index contributed by atoms with van der Waals surface area (Å²) < 4.78 is 0. The number of hydrogen-bond donors (Lipinski definition) is 2. The van der Waals surface area contributed by atoms with Gasteiger partial charge in [0.15, 0.2) is 0 Å². The van der Waals surface area contributed by atoms with Crippen molar-refractivity contribution in [2.24, 2.45) is 0 Å². The maximum absolute atomic E-state index is 13.0. The lowest BCUT2D eigenvalue weighted by molar-refractivity contribution is -0.136. The molecule has 3 rings (SSSR count). The van der Waals surface area contributed by atoms with Crippen molar-refractivity contribution in [3.05, 3.63) is 90.0 Å². The largest absolute Gasteiger partial charge is 0.481 e. The molecule has 0 aliphatic carbocycles. The number of rotatable bonds is 11. The Kier molecular flexibility index (Phi) is 9.39. The molecule has 0 heterocycles. The van der Waals surface area contributed by atoms with Crippen molar-refractivity contribution in [3.8, 4) is 0 Å². The van der Waals surface area contributed by atoms with E-state index in [1.165, 1.54) is 5.56 Å². The highest BCUT2D eigenvalue weighted by Gasteiger charge is 2.15. The van der Waals surface area contributed by atoms with E-state index in [0.29, 0.717) is 13.1 Å². The number of unbranched alkanes of at least 4 members (excludes halogenated alkanes) is 1. The van der Waals surface area contributed by atoms with Gasteiger partial charge in [0.25, 0.3) is 0 Å². The summed E-state index contributed by atoms with van der Waals surface area (Å²) in [6.45, 7) is 3.34. The Morgan fingerprint density at radius 3 is 2.33 bits per heavy atom. The SMILES string of the molecule is CCCCN(C(=O)NCCc1ccccc1)c1cccc(Sc2cccc(CC(=O)O)c2)c1. The molecule has 5 nitrogen and oxygen atoms in total. The van der Waals surface area contributed by atoms with Crippen LogP contribution in [0.3, 0.4) is 0 Å². The normalized spacial score (nSPS) is 10.6. The van der Waals surface area contributed by atoms with Crippen LogP contribution in [-0.4, -0.2) is 30.2 Å². The topological polar surface area (TPSA) is 69.6 Å². The molecule has 3 aromatic rings. The number of carboxylic acids is 1. The summed E-state index contributed by atoms with van der Waals surface area (Å²) in [5, 5.41) is 12.1. The average molecular weight is 463 g/mol. The molecule has 0 aliphatic rings. The lowest BCUT2D eigenvalue weighted by atomic mass is 10.1. The lowest BCUT2D eigenvalue weighted by Crippen LogP contribution is -2.41. The number of carbonyl (C=O) groups excluding carboxylic acids is 1. The van der Waals surface area contributed by atoms with Crippen LogP contribution < -0.4 is 10.2 Å². The minimum atomic E-state index is -0.844. The number of nitrogens with one attached hydrogen (secondary N) is 1. The number of carboxylic acid groups (broad SMARTS) is 1. The third-order valence-corrected chi connectivity index (χ3v) is 6.11. The molecule has 0 bridgehead atoms.